The molecule has 1 aliphatic heterocycles. The molecule has 0 radical (unpaired) electrons. The summed E-state index contributed by atoms with van der Waals surface area (Å²) < 4.78 is 5.24. The number of amides is 2. The smallest absolute Gasteiger partial charge is 0.324 e. The zero-order chi connectivity index (χ0) is 20.1. The predicted octanol–water partition coefficient (Wildman–Crippen LogP) is 4.01. The van der Waals surface area contributed by atoms with Gasteiger partial charge in [-0.1, -0.05) is 25.9 Å². The summed E-state index contributed by atoms with van der Waals surface area (Å²) in [6.45, 7) is 6.00. The lowest BCUT2D eigenvalue weighted by Crippen LogP contribution is -2.22. The molecule has 0 aliphatic carbocycles. The molecule has 1 aromatic heterocycles. The molecule has 1 aliphatic rings. The second kappa shape index (κ2) is 8.49. The maximum absolute atomic E-state index is 12.1. The van der Waals surface area contributed by atoms with E-state index in [1.165, 1.54) is 0 Å². The highest BCUT2D eigenvalue weighted by Gasteiger charge is 2.20. The third-order valence-corrected chi connectivity index (χ3v) is 4.50. The van der Waals surface area contributed by atoms with Crippen LogP contribution in [0, 0.1) is 0 Å². The van der Waals surface area contributed by atoms with Crippen molar-refractivity contribution in [1.82, 2.24) is 5.16 Å². The van der Waals surface area contributed by atoms with Gasteiger partial charge in [0, 0.05) is 28.6 Å². The number of aliphatic hydroxyl groups is 1. The fourth-order valence-electron chi connectivity index (χ4n) is 2.36. The molecule has 0 fully saturated rings. The van der Waals surface area contributed by atoms with Crippen LogP contribution in [-0.2, 0) is 5.41 Å². The van der Waals surface area contributed by atoms with Gasteiger partial charge in [0.05, 0.1) is 11.2 Å². The first-order valence-corrected chi connectivity index (χ1v) is 9.80. The first-order valence-electron chi connectivity index (χ1n) is 8.75. The van der Waals surface area contributed by atoms with Crippen molar-refractivity contribution >= 4 is 40.5 Å². The topological polar surface area (TPSA) is 112 Å². The van der Waals surface area contributed by atoms with Gasteiger partial charge in [-0.05, 0) is 30.3 Å². The Bertz CT molecular complexity index is 884. The Morgan fingerprint density at radius 2 is 1.93 bits per heavy atom. The van der Waals surface area contributed by atoms with Crippen molar-refractivity contribution in [2.24, 2.45) is 4.99 Å². The van der Waals surface area contributed by atoms with Gasteiger partial charge in [0.2, 0.25) is 0 Å². The highest BCUT2D eigenvalue weighted by molar-refractivity contribution is 8.12. The zero-order valence-electron chi connectivity index (χ0n) is 15.9. The summed E-state index contributed by atoms with van der Waals surface area (Å²) in [6, 6.07) is 8.25. The molecule has 8 nitrogen and oxygen atoms in total. The van der Waals surface area contributed by atoms with Crippen LogP contribution in [0.4, 0.5) is 22.0 Å². The highest BCUT2D eigenvalue weighted by Crippen LogP contribution is 2.24. The molecule has 1 aromatic carbocycles. The average Bonchev–Trinajstić information content (AvgIpc) is 3.13. The van der Waals surface area contributed by atoms with Gasteiger partial charge in [0.25, 0.3) is 0 Å². The van der Waals surface area contributed by atoms with E-state index in [9.17, 15) is 9.90 Å². The first kappa shape index (κ1) is 20.0. The SMILES string of the molecule is CC(C)(C)c1cc(NC(=O)Nc2ccc(NC(O)C3=CCSC=N3)cc2)no1. The summed E-state index contributed by atoms with van der Waals surface area (Å²) >= 11 is 1.57. The van der Waals surface area contributed by atoms with Crippen molar-refractivity contribution < 1.29 is 14.4 Å². The number of nitrogens with zero attached hydrogens (tertiary/aromatic N) is 2. The molecule has 28 heavy (non-hydrogen) atoms. The molecular formula is C19H23N5O3S. The lowest BCUT2D eigenvalue weighted by Gasteiger charge is -2.16. The van der Waals surface area contributed by atoms with E-state index >= 15 is 0 Å². The fourth-order valence-corrected chi connectivity index (χ4v) is 2.91. The standard InChI is InChI=1S/C19H23N5O3S/c1-19(2,3)15-10-16(24-27-15)23-18(26)22-13-6-4-12(5-7-13)21-17(25)14-8-9-28-11-20-14/h4-8,10-11,17,21,25H,9H2,1-3H3,(H2,22,23,24,26). The number of hydrogen-bond donors (Lipinski definition) is 4. The van der Waals surface area contributed by atoms with Crippen molar-refractivity contribution in [2.75, 3.05) is 21.7 Å². The van der Waals surface area contributed by atoms with Crippen molar-refractivity contribution in [3.8, 4) is 0 Å². The molecule has 0 saturated heterocycles. The maximum atomic E-state index is 12.1. The Morgan fingerprint density at radius 1 is 1.21 bits per heavy atom. The number of rotatable bonds is 5. The lowest BCUT2D eigenvalue weighted by atomic mass is 9.93. The predicted molar refractivity (Wildman–Crippen MR) is 113 cm³/mol. The van der Waals surface area contributed by atoms with Crippen LogP contribution in [0.3, 0.4) is 0 Å². The number of carbonyl (C=O) groups excluding carboxylic acids is 1. The summed E-state index contributed by atoms with van der Waals surface area (Å²) in [5, 5.41) is 22.3. The summed E-state index contributed by atoms with van der Waals surface area (Å²) in [5.41, 5.74) is 3.42. The average molecular weight is 401 g/mol. The minimum atomic E-state index is -0.886. The van der Waals surface area contributed by atoms with Gasteiger partial charge in [-0.3, -0.25) is 5.32 Å². The van der Waals surface area contributed by atoms with E-state index in [0.717, 1.165) is 5.75 Å². The van der Waals surface area contributed by atoms with Gasteiger partial charge in [-0.2, -0.15) is 0 Å². The molecule has 4 N–H and O–H groups in total. The second-order valence-electron chi connectivity index (χ2n) is 7.23. The van der Waals surface area contributed by atoms with Gasteiger partial charge in [-0.25, -0.2) is 9.79 Å². The van der Waals surface area contributed by atoms with Crippen LogP contribution in [0.25, 0.3) is 0 Å². The summed E-state index contributed by atoms with van der Waals surface area (Å²) in [5.74, 6) is 1.83. The van der Waals surface area contributed by atoms with Gasteiger partial charge < -0.3 is 20.3 Å². The minimum Gasteiger partial charge on any atom is -0.368 e. The summed E-state index contributed by atoms with van der Waals surface area (Å²) in [4.78, 5) is 16.3. The number of nitrogens with one attached hydrogen (secondary N) is 3. The molecule has 2 aromatic rings. The van der Waals surface area contributed by atoms with Crippen LogP contribution in [0.1, 0.15) is 26.5 Å². The fraction of sp³-hybridized carbons (Fsp3) is 0.316. The Labute approximate surface area is 167 Å². The number of carbonyl (C=O) groups is 1. The number of hydrogen-bond acceptors (Lipinski definition) is 7. The number of aliphatic hydroxyl groups excluding tert-OH is 1. The minimum absolute atomic E-state index is 0.186. The maximum Gasteiger partial charge on any atom is 0.324 e. The van der Waals surface area contributed by atoms with E-state index in [1.807, 2.05) is 26.8 Å². The first-order chi connectivity index (χ1) is 13.3. The Hall–Kier alpha value is -2.78. The van der Waals surface area contributed by atoms with Gasteiger partial charge in [-0.15, -0.1) is 11.8 Å². The molecule has 0 bridgehead atoms. The molecule has 1 unspecified atom stereocenters. The Balaban J connectivity index is 1.53. The Morgan fingerprint density at radius 3 is 2.54 bits per heavy atom. The number of thioether (sulfide) groups is 1. The zero-order valence-corrected chi connectivity index (χ0v) is 16.7. The van der Waals surface area contributed by atoms with Crippen molar-refractivity contribution in [1.29, 1.82) is 0 Å². The summed E-state index contributed by atoms with van der Waals surface area (Å²) in [6.07, 6.45) is 0.987. The molecular weight excluding hydrogens is 378 g/mol. The third kappa shape index (κ3) is 5.37. The quantitative estimate of drug-likeness (QED) is 0.563. The van der Waals surface area contributed by atoms with E-state index in [-0.39, 0.29) is 5.41 Å². The number of aromatic nitrogens is 1. The number of anilines is 3. The van der Waals surface area contributed by atoms with Crippen molar-refractivity contribution in [2.45, 2.75) is 32.4 Å². The monoisotopic (exact) mass is 401 g/mol. The van der Waals surface area contributed by atoms with E-state index in [0.29, 0.717) is 28.6 Å². The molecule has 3 rings (SSSR count). The molecule has 2 amide bonds. The highest BCUT2D eigenvalue weighted by atomic mass is 32.2. The van der Waals surface area contributed by atoms with Gasteiger partial charge in [0.15, 0.2) is 12.0 Å². The number of urea groups is 1. The van der Waals surface area contributed by atoms with E-state index in [2.05, 4.69) is 26.1 Å². The summed E-state index contributed by atoms with van der Waals surface area (Å²) in [7, 11) is 0. The van der Waals surface area contributed by atoms with Crippen LogP contribution in [0.2, 0.25) is 0 Å². The van der Waals surface area contributed by atoms with E-state index < -0.39 is 12.3 Å². The van der Waals surface area contributed by atoms with Gasteiger partial charge in [0.1, 0.15) is 5.76 Å². The molecule has 148 valence electrons. The largest absolute Gasteiger partial charge is 0.368 e. The molecule has 9 heteroatoms. The van der Waals surface area contributed by atoms with Crippen LogP contribution in [0.5, 0.6) is 0 Å². The van der Waals surface area contributed by atoms with Crippen LogP contribution < -0.4 is 16.0 Å². The third-order valence-electron chi connectivity index (χ3n) is 3.88. The van der Waals surface area contributed by atoms with Crippen molar-refractivity contribution in [3.63, 3.8) is 0 Å². The molecule has 1 atom stereocenters. The molecule has 0 saturated carbocycles. The van der Waals surface area contributed by atoms with E-state index in [1.54, 1.807) is 47.6 Å². The number of benzene rings is 1. The second-order valence-corrected chi connectivity index (χ2v) is 8.10. The van der Waals surface area contributed by atoms with Crippen LogP contribution in [0.15, 0.2) is 51.6 Å². The normalized spacial score (nSPS) is 14.9. The Kier molecular flexibility index (Phi) is 6.05. The van der Waals surface area contributed by atoms with Crippen molar-refractivity contribution in [3.05, 3.63) is 47.9 Å². The molecule has 0 spiro atoms. The van der Waals surface area contributed by atoms with Crippen LogP contribution in [-0.4, -0.2) is 33.8 Å². The van der Waals surface area contributed by atoms with Gasteiger partial charge >= 0.3 is 6.03 Å². The van der Waals surface area contributed by atoms with E-state index in [4.69, 9.17) is 4.52 Å². The lowest BCUT2D eigenvalue weighted by molar-refractivity contribution is 0.238. The molecule has 2 heterocycles. The number of aliphatic imine (C=N–C) groups is 1. The van der Waals surface area contributed by atoms with Crippen LogP contribution >= 0.6 is 11.8 Å².